The SMILES string of the molecule is CCC1(CC)CN(c2cccc(Cl)c2)C(C(C)C)CN1. The summed E-state index contributed by atoms with van der Waals surface area (Å²) in [4.78, 5) is 2.56. The summed E-state index contributed by atoms with van der Waals surface area (Å²) in [6.07, 6.45) is 2.32. The van der Waals surface area contributed by atoms with Gasteiger partial charge in [0.25, 0.3) is 0 Å². The Morgan fingerprint density at radius 2 is 2.05 bits per heavy atom. The molecule has 1 heterocycles. The molecule has 1 aliphatic rings. The van der Waals surface area contributed by atoms with Crippen LogP contribution in [0.1, 0.15) is 40.5 Å². The molecule has 2 rings (SSSR count). The highest BCUT2D eigenvalue weighted by molar-refractivity contribution is 6.30. The lowest BCUT2D eigenvalue weighted by molar-refractivity contribution is 0.227. The summed E-state index contributed by atoms with van der Waals surface area (Å²) in [6, 6.07) is 8.81. The predicted octanol–water partition coefficient (Wildman–Crippen LogP) is 4.33. The maximum Gasteiger partial charge on any atom is 0.0438 e. The summed E-state index contributed by atoms with van der Waals surface area (Å²) in [6.45, 7) is 11.3. The maximum absolute atomic E-state index is 6.19. The van der Waals surface area contributed by atoms with Gasteiger partial charge in [-0.2, -0.15) is 0 Å². The fraction of sp³-hybridized carbons (Fsp3) is 0.647. The van der Waals surface area contributed by atoms with Gasteiger partial charge in [0.1, 0.15) is 0 Å². The Morgan fingerprint density at radius 1 is 1.35 bits per heavy atom. The average Bonchev–Trinajstić information content (AvgIpc) is 2.46. The van der Waals surface area contributed by atoms with Gasteiger partial charge in [-0.15, -0.1) is 0 Å². The molecule has 0 bridgehead atoms. The molecule has 1 aromatic carbocycles. The second-order valence-electron chi connectivity index (χ2n) is 6.29. The molecule has 1 N–H and O–H groups in total. The van der Waals surface area contributed by atoms with Crippen molar-refractivity contribution in [3.05, 3.63) is 29.3 Å². The van der Waals surface area contributed by atoms with Crippen molar-refractivity contribution in [2.75, 3.05) is 18.0 Å². The summed E-state index contributed by atoms with van der Waals surface area (Å²) in [7, 11) is 0. The monoisotopic (exact) mass is 294 g/mol. The van der Waals surface area contributed by atoms with Crippen LogP contribution in [0, 0.1) is 5.92 Å². The van der Waals surface area contributed by atoms with Crippen LogP contribution < -0.4 is 10.2 Å². The van der Waals surface area contributed by atoms with Crippen LogP contribution in [-0.4, -0.2) is 24.7 Å². The molecule has 20 heavy (non-hydrogen) atoms. The molecule has 0 amide bonds. The number of rotatable bonds is 4. The first kappa shape index (κ1) is 15.7. The minimum absolute atomic E-state index is 0.230. The van der Waals surface area contributed by atoms with E-state index >= 15 is 0 Å². The van der Waals surface area contributed by atoms with Crippen molar-refractivity contribution in [1.82, 2.24) is 5.32 Å². The highest BCUT2D eigenvalue weighted by Crippen LogP contribution is 2.31. The number of halogens is 1. The van der Waals surface area contributed by atoms with E-state index in [1.807, 2.05) is 6.07 Å². The molecule has 0 saturated carbocycles. The molecule has 1 aliphatic heterocycles. The molecule has 1 atom stereocenters. The lowest BCUT2D eigenvalue weighted by Gasteiger charge is -2.50. The van der Waals surface area contributed by atoms with Gasteiger partial charge in [-0.25, -0.2) is 0 Å². The van der Waals surface area contributed by atoms with Gasteiger partial charge in [-0.1, -0.05) is 45.4 Å². The highest BCUT2D eigenvalue weighted by Gasteiger charge is 2.37. The van der Waals surface area contributed by atoms with E-state index in [9.17, 15) is 0 Å². The second-order valence-corrected chi connectivity index (χ2v) is 6.72. The minimum Gasteiger partial charge on any atom is -0.365 e. The number of hydrogen-bond acceptors (Lipinski definition) is 2. The zero-order valence-corrected chi connectivity index (χ0v) is 13.9. The van der Waals surface area contributed by atoms with Crippen molar-refractivity contribution in [3.63, 3.8) is 0 Å². The standard InChI is InChI=1S/C17H27ClN2/c1-5-17(6-2)12-20(16(11-19-17)13(3)4)15-9-7-8-14(18)10-15/h7-10,13,16,19H,5-6,11-12H2,1-4H3. The Bertz CT molecular complexity index is 440. The smallest absolute Gasteiger partial charge is 0.0438 e. The maximum atomic E-state index is 6.19. The number of benzene rings is 1. The molecule has 0 radical (unpaired) electrons. The molecule has 2 nitrogen and oxygen atoms in total. The molecule has 1 saturated heterocycles. The van der Waals surface area contributed by atoms with Crippen LogP contribution in [0.15, 0.2) is 24.3 Å². The average molecular weight is 295 g/mol. The largest absolute Gasteiger partial charge is 0.365 e. The van der Waals surface area contributed by atoms with Crippen molar-refractivity contribution in [1.29, 1.82) is 0 Å². The molecule has 1 unspecified atom stereocenters. The Kier molecular flexibility index (Phi) is 4.98. The number of hydrogen-bond donors (Lipinski definition) is 1. The first-order valence-corrected chi connectivity index (χ1v) is 8.16. The molecule has 112 valence electrons. The molecular weight excluding hydrogens is 268 g/mol. The van der Waals surface area contributed by atoms with Gasteiger partial charge in [0.15, 0.2) is 0 Å². The van der Waals surface area contributed by atoms with E-state index in [-0.39, 0.29) is 5.54 Å². The van der Waals surface area contributed by atoms with Crippen molar-refractivity contribution in [3.8, 4) is 0 Å². The van der Waals surface area contributed by atoms with E-state index in [0.29, 0.717) is 12.0 Å². The van der Waals surface area contributed by atoms with Crippen LogP contribution in [-0.2, 0) is 0 Å². The molecule has 0 aromatic heterocycles. The van der Waals surface area contributed by atoms with Crippen molar-refractivity contribution >= 4 is 17.3 Å². The number of anilines is 1. The molecule has 0 aliphatic carbocycles. The van der Waals surface area contributed by atoms with Crippen LogP contribution in [0.2, 0.25) is 5.02 Å². The summed E-state index contributed by atoms with van der Waals surface area (Å²) < 4.78 is 0. The zero-order chi connectivity index (χ0) is 14.8. The number of nitrogens with zero attached hydrogens (tertiary/aromatic N) is 1. The molecule has 3 heteroatoms. The topological polar surface area (TPSA) is 15.3 Å². The lowest BCUT2D eigenvalue weighted by atomic mass is 9.86. The first-order valence-electron chi connectivity index (χ1n) is 7.78. The molecular formula is C17H27ClN2. The fourth-order valence-electron chi connectivity index (χ4n) is 3.19. The van der Waals surface area contributed by atoms with Gasteiger partial charge in [0.05, 0.1) is 0 Å². The quantitative estimate of drug-likeness (QED) is 0.889. The molecule has 1 fully saturated rings. The van der Waals surface area contributed by atoms with Crippen LogP contribution >= 0.6 is 11.6 Å². The van der Waals surface area contributed by atoms with E-state index in [0.717, 1.165) is 31.0 Å². The normalized spacial score (nSPS) is 22.3. The van der Waals surface area contributed by atoms with E-state index in [4.69, 9.17) is 11.6 Å². The van der Waals surface area contributed by atoms with Crippen LogP contribution in [0.3, 0.4) is 0 Å². The second kappa shape index (κ2) is 6.36. The fourth-order valence-corrected chi connectivity index (χ4v) is 3.37. The van der Waals surface area contributed by atoms with E-state index in [1.54, 1.807) is 0 Å². The summed E-state index contributed by atoms with van der Waals surface area (Å²) in [5.74, 6) is 0.619. The van der Waals surface area contributed by atoms with Crippen molar-refractivity contribution in [2.24, 2.45) is 5.92 Å². The summed E-state index contributed by atoms with van der Waals surface area (Å²) in [5.41, 5.74) is 1.48. The van der Waals surface area contributed by atoms with Gasteiger partial charge in [0, 0.05) is 35.4 Å². The van der Waals surface area contributed by atoms with Gasteiger partial charge < -0.3 is 10.2 Å². The third kappa shape index (κ3) is 3.12. The van der Waals surface area contributed by atoms with E-state index < -0.39 is 0 Å². The van der Waals surface area contributed by atoms with Gasteiger partial charge >= 0.3 is 0 Å². The van der Waals surface area contributed by atoms with E-state index in [2.05, 4.69) is 56.1 Å². The Balaban J connectivity index is 2.32. The number of nitrogens with one attached hydrogen (secondary N) is 1. The van der Waals surface area contributed by atoms with Gasteiger partial charge in [-0.05, 0) is 37.0 Å². The van der Waals surface area contributed by atoms with Crippen LogP contribution in [0.4, 0.5) is 5.69 Å². The van der Waals surface area contributed by atoms with Crippen LogP contribution in [0.5, 0.6) is 0 Å². The number of piperazine rings is 1. The highest BCUT2D eigenvalue weighted by atomic mass is 35.5. The van der Waals surface area contributed by atoms with Crippen LogP contribution in [0.25, 0.3) is 0 Å². The lowest BCUT2D eigenvalue weighted by Crippen LogP contribution is -2.65. The zero-order valence-electron chi connectivity index (χ0n) is 13.1. The van der Waals surface area contributed by atoms with Crippen molar-refractivity contribution in [2.45, 2.75) is 52.1 Å². The summed E-state index contributed by atoms with van der Waals surface area (Å²) >= 11 is 6.19. The minimum atomic E-state index is 0.230. The van der Waals surface area contributed by atoms with Gasteiger partial charge in [-0.3, -0.25) is 0 Å². The Morgan fingerprint density at radius 3 is 2.60 bits per heavy atom. The summed E-state index contributed by atoms with van der Waals surface area (Å²) in [5, 5.41) is 4.62. The third-order valence-electron chi connectivity index (χ3n) is 4.82. The molecule has 1 aromatic rings. The predicted molar refractivity (Wildman–Crippen MR) is 88.7 cm³/mol. The van der Waals surface area contributed by atoms with E-state index in [1.165, 1.54) is 5.69 Å². The van der Waals surface area contributed by atoms with Crippen molar-refractivity contribution < 1.29 is 0 Å². The third-order valence-corrected chi connectivity index (χ3v) is 5.06. The molecule has 0 spiro atoms. The first-order chi connectivity index (χ1) is 9.51. The van der Waals surface area contributed by atoms with Gasteiger partial charge in [0.2, 0.25) is 0 Å². The Labute approximate surface area is 128 Å². The Hall–Kier alpha value is -0.730.